The predicted octanol–water partition coefficient (Wildman–Crippen LogP) is 1.45. The number of pyridine rings is 1. The summed E-state index contributed by atoms with van der Waals surface area (Å²) in [5, 5.41) is 3.19. The molecule has 0 saturated carbocycles. The third-order valence-electron chi connectivity index (χ3n) is 2.39. The Morgan fingerprint density at radius 2 is 2.31 bits per heavy atom. The number of rotatable bonds is 4. The van der Waals surface area contributed by atoms with Crippen molar-refractivity contribution in [3.05, 3.63) is 29.0 Å². The molecule has 0 aromatic carbocycles. The maximum Gasteiger partial charge on any atom is 0.253 e. The highest BCUT2D eigenvalue weighted by Gasteiger charge is 2.17. The van der Waals surface area contributed by atoms with Crippen LogP contribution in [0, 0.1) is 5.92 Å². The molecule has 88 valence electrons. The minimum atomic E-state index is -0.212. The Morgan fingerprint density at radius 1 is 1.62 bits per heavy atom. The molecule has 1 aromatic rings. The first-order valence-electron chi connectivity index (χ1n) is 5.16. The number of aromatic nitrogens is 1. The summed E-state index contributed by atoms with van der Waals surface area (Å²) in [5.74, 6) is 0.0751. The van der Waals surface area contributed by atoms with Gasteiger partial charge in [0, 0.05) is 25.0 Å². The van der Waals surface area contributed by atoms with Crippen LogP contribution in [0.5, 0.6) is 0 Å². The van der Waals surface area contributed by atoms with E-state index in [1.165, 1.54) is 12.4 Å². The number of hydrogen-bond donors (Lipinski definition) is 2. The number of carbonyl (C=O) groups is 1. The topological polar surface area (TPSA) is 68.0 Å². The molecule has 0 fully saturated rings. The maximum absolute atomic E-state index is 11.9. The lowest BCUT2D eigenvalue weighted by Gasteiger charge is -2.20. The van der Waals surface area contributed by atoms with Gasteiger partial charge in [-0.2, -0.15) is 0 Å². The van der Waals surface area contributed by atoms with Gasteiger partial charge in [0.15, 0.2) is 0 Å². The summed E-state index contributed by atoms with van der Waals surface area (Å²) in [4.78, 5) is 15.7. The zero-order valence-corrected chi connectivity index (χ0v) is 10.2. The van der Waals surface area contributed by atoms with Gasteiger partial charge in [-0.1, -0.05) is 25.4 Å². The molecule has 0 spiro atoms. The Bertz CT molecular complexity index is 368. The van der Waals surface area contributed by atoms with E-state index in [2.05, 4.69) is 10.3 Å². The van der Waals surface area contributed by atoms with Gasteiger partial charge in [-0.25, -0.2) is 0 Å². The summed E-state index contributed by atoms with van der Waals surface area (Å²) in [6, 6.07) is 1.54. The molecule has 1 atom stereocenters. The van der Waals surface area contributed by atoms with Crippen molar-refractivity contribution in [2.24, 2.45) is 11.7 Å². The van der Waals surface area contributed by atoms with E-state index in [0.29, 0.717) is 17.1 Å². The highest BCUT2D eigenvalue weighted by atomic mass is 35.5. The van der Waals surface area contributed by atoms with Crippen molar-refractivity contribution in [2.45, 2.75) is 19.9 Å². The Hall–Kier alpha value is -1.13. The molecule has 1 heterocycles. The third-order valence-corrected chi connectivity index (χ3v) is 2.69. The van der Waals surface area contributed by atoms with Crippen LogP contribution in [0.15, 0.2) is 18.5 Å². The fourth-order valence-corrected chi connectivity index (χ4v) is 1.51. The molecule has 1 aromatic heterocycles. The van der Waals surface area contributed by atoms with Crippen LogP contribution in [0.25, 0.3) is 0 Å². The van der Waals surface area contributed by atoms with Gasteiger partial charge in [-0.3, -0.25) is 9.78 Å². The van der Waals surface area contributed by atoms with E-state index >= 15 is 0 Å². The SMILES string of the molecule is CC(C)C(CN)NC(=O)c1ccncc1Cl. The maximum atomic E-state index is 11.9. The lowest BCUT2D eigenvalue weighted by Crippen LogP contribution is -2.43. The zero-order valence-electron chi connectivity index (χ0n) is 9.40. The number of amides is 1. The summed E-state index contributed by atoms with van der Waals surface area (Å²) >= 11 is 5.87. The molecule has 0 radical (unpaired) electrons. The Morgan fingerprint density at radius 3 is 2.81 bits per heavy atom. The number of halogens is 1. The molecule has 0 bridgehead atoms. The van der Waals surface area contributed by atoms with Crippen LogP contribution in [0.4, 0.5) is 0 Å². The van der Waals surface area contributed by atoms with E-state index in [0.717, 1.165) is 0 Å². The van der Waals surface area contributed by atoms with Crippen LogP contribution < -0.4 is 11.1 Å². The van der Waals surface area contributed by atoms with Crippen molar-refractivity contribution < 1.29 is 4.79 Å². The molecule has 0 aliphatic rings. The molecule has 0 aliphatic heterocycles. The Kier molecular flexibility index (Phi) is 4.71. The van der Waals surface area contributed by atoms with Gasteiger partial charge in [0.25, 0.3) is 5.91 Å². The highest BCUT2D eigenvalue weighted by Crippen LogP contribution is 2.13. The van der Waals surface area contributed by atoms with Crippen molar-refractivity contribution in [3.8, 4) is 0 Å². The Balaban J connectivity index is 2.76. The molecule has 1 amide bonds. The fraction of sp³-hybridized carbons (Fsp3) is 0.455. The molecule has 5 heteroatoms. The summed E-state index contributed by atoms with van der Waals surface area (Å²) in [6.45, 7) is 4.42. The molecule has 1 rings (SSSR count). The second-order valence-electron chi connectivity index (χ2n) is 3.92. The van der Waals surface area contributed by atoms with Gasteiger partial charge in [0.05, 0.1) is 10.6 Å². The summed E-state index contributed by atoms with van der Waals surface area (Å²) < 4.78 is 0. The van der Waals surface area contributed by atoms with Crippen LogP contribution in [0.3, 0.4) is 0 Å². The van der Waals surface area contributed by atoms with Crippen LogP contribution in [-0.4, -0.2) is 23.5 Å². The number of nitrogens with one attached hydrogen (secondary N) is 1. The van der Waals surface area contributed by atoms with Crippen LogP contribution >= 0.6 is 11.6 Å². The second kappa shape index (κ2) is 5.82. The van der Waals surface area contributed by atoms with Crippen molar-refractivity contribution >= 4 is 17.5 Å². The number of nitrogens with two attached hydrogens (primary N) is 1. The van der Waals surface area contributed by atoms with Crippen molar-refractivity contribution in [1.82, 2.24) is 10.3 Å². The van der Waals surface area contributed by atoms with Crippen molar-refractivity contribution in [2.75, 3.05) is 6.54 Å². The first-order valence-corrected chi connectivity index (χ1v) is 5.54. The molecule has 0 saturated heterocycles. The number of carbonyl (C=O) groups excluding carboxylic acids is 1. The quantitative estimate of drug-likeness (QED) is 0.839. The second-order valence-corrected chi connectivity index (χ2v) is 4.32. The third kappa shape index (κ3) is 3.18. The normalized spacial score (nSPS) is 12.6. The summed E-state index contributed by atoms with van der Waals surface area (Å²) in [5.41, 5.74) is 6.00. The first kappa shape index (κ1) is 12.9. The molecule has 4 nitrogen and oxygen atoms in total. The number of hydrogen-bond acceptors (Lipinski definition) is 3. The fourth-order valence-electron chi connectivity index (χ4n) is 1.30. The molecular weight excluding hydrogens is 226 g/mol. The smallest absolute Gasteiger partial charge is 0.253 e. The predicted molar refractivity (Wildman–Crippen MR) is 64.4 cm³/mol. The average Bonchev–Trinajstić information content (AvgIpc) is 2.25. The lowest BCUT2D eigenvalue weighted by atomic mass is 10.0. The standard InChI is InChI=1S/C11H16ClN3O/c1-7(2)10(5-13)15-11(16)8-3-4-14-6-9(8)12/h3-4,6-7,10H,5,13H2,1-2H3,(H,15,16). The number of nitrogens with zero attached hydrogens (tertiary/aromatic N) is 1. The largest absolute Gasteiger partial charge is 0.348 e. The van der Waals surface area contributed by atoms with Gasteiger partial charge in [0.1, 0.15) is 0 Å². The average molecular weight is 242 g/mol. The molecular formula is C11H16ClN3O. The summed E-state index contributed by atoms with van der Waals surface area (Å²) in [7, 11) is 0. The minimum Gasteiger partial charge on any atom is -0.348 e. The molecule has 1 unspecified atom stereocenters. The zero-order chi connectivity index (χ0) is 12.1. The van der Waals surface area contributed by atoms with E-state index in [4.69, 9.17) is 17.3 Å². The Labute approximate surface area is 100 Å². The van der Waals surface area contributed by atoms with Gasteiger partial charge < -0.3 is 11.1 Å². The van der Waals surface area contributed by atoms with Crippen LogP contribution in [0.1, 0.15) is 24.2 Å². The first-order chi connectivity index (χ1) is 7.56. The van der Waals surface area contributed by atoms with Gasteiger partial charge in [-0.05, 0) is 12.0 Å². The van der Waals surface area contributed by atoms with E-state index in [1.54, 1.807) is 6.07 Å². The van der Waals surface area contributed by atoms with Gasteiger partial charge in [0.2, 0.25) is 0 Å². The molecule has 3 N–H and O–H groups in total. The molecule has 16 heavy (non-hydrogen) atoms. The van der Waals surface area contributed by atoms with Crippen molar-refractivity contribution in [1.29, 1.82) is 0 Å². The van der Waals surface area contributed by atoms with E-state index in [1.807, 2.05) is 13.8 Å². The lowest BCUT2D eigenvalue weighted by molar-refractivity contribution is 0.0928. The van der Waals surface area contributed by atoms with Crippen LogP contribution in [0.2, 0.25) is 5.02 Å². The van der Waals surface area contributed by atoms with E-state index in [9.17, 15) is 4.79 Å². The van der Waals surface area contributed by atoms with E-state index < -0.39 is 0 Å². The van der Waals surface area contributed by atoms with Gasteiger partial charge in [-0.15, -0.1) is 0 Å². The monoisotopic (exact) mass is 241 g/mol. The summed E-state index contributed by atoms with van der Waals surface area (Å²) in [6.07, 6.45) is 2.98. The minimum absolute atomic E-state index is 0.0447. The van der Waals surface area contributed by atoms with Crippen molar-refractivity contribution in [3.63, 3.8) is 0 Å². The highest BCUT2D eigenvalue weighted by molar-refractivity contribution is 6.33. The van der Waals surface area contributed by atoms with E-state index in [-0.39, 0.29) is 17.9 Å². The molecule has 0 aliphatic carbocycles. The van der Waals surface area contributed by atoms with Gasteiger partial charge >= 0.3 is 0 Å². The van der Waals surface area contributed by atoms with Crippen LogP contribution in [-0.2, 0) is 0 Å².